The summed E-state index contributed by atoms with van der Waals surface area (Å²) in [4.78, 5) is 57.8. The monoisotopic (exact) mass is 835 g/mol. The fourth-order valence-corrected chi connectivity index (χ4v) is 9.65. The molecule has 13 heteroatoms. The van der Waals surface area contributed by atoms with E-state index in [1.807, 2.05) is 103 Å². The molecule has 2 aliphatic heterocycles. The predicted octanol–water partition coefficient (Wildman–Crippen LogP) is 8.19. The minimum absolute atomic E-state index is 0.0514. The first kappa shape index (κ1) is 41.9. The molecule has 13 nitrogen and oxygen atoms in total. The highest BCUT2D eigenvalue weighted by Crippen LogP contribution is 2.40. The van der Waals surface area contributed by atoms with Gasteiger partial charge in [0.2, 0.25) is 0 Å². The molecule has 2 saturated heterocycles. The SMILES string of the molecule is Cn1c(=O)n(C2CCN(C(=O)O)[C@H](N(Cc3ccccc3)Cc3ccccc3)C2CCCc2ccccc2)c2ccccc21.O=C(O)N1CCC(n2c(=O)[nH]c3ccccc32)C1. The lowest BCUT2D eigenvalue weighted by molar-refractivity contribution is -0.0492. The summed E-state index contributed by atoms with van der Waals surface area (Å²) in [5.41, 5.74) is 6.71. The number of hydrogen-bond donors (Lipinski definition) is 3. The Labute approximate surface area is 359 Å². The fraction of sp³-hybridized carbons (Fsp3) is 0.306. The molecule has 2 aromatic heterocycles. The van der Waals surface area contributed by atoms with E-state index < -0.39 is 18.4 Å². The molecule has 3 N–H and O–H groups in total. The van der Waals surface area contributed by atoms with Gasteiger partial charge in [-0.1, -0.05) is 115 Å². The van der Waals surface area contributed by atoms with Crippen molar-refractivity contribution in [3.05, 3.63) is 177 Å². The number of benzene rings is 5. The van der Waals surface area contributed by atoms with Crippen molar-refractivity contribution in [2.75, 3.05) is 19.6 Å². The molecule has 4 atom stereocenters. The van der Waals surface area contributed by atoms with Crippen LogP contribution in [-0.4, -0.2) is 81.6 Å². The maximum atomic E-state index is 13.9. The van der Waals surface area contributed by atoms with Crippen molar-refractivity contribution in [3.63, 3.8) is 0 Å². The summed E-state index contributed by atoms with van der Waals surface area (Å²) in [6.07, 6.45) is 1.55. The van der Waals surface area contributed by atoms with E-state index in [9.17, 15) is 24.3 Å². The largest absolute Gasteiger partial charge is 0.465 e. The Bertz CT molecular complexity index is 2690. The van der Waals surface area contributed by atoms with Crippen LogP contribution in [0.5, 0.6) is 0 Å². The normalized spacial score (nSPS) is 18.9. The third-order valence-electron chi connectivity index (χ3n) is 12.5. The van der Waals surface area contributed by atoms with E-state index in [1.165, 1.54) is 10.5 Å². The van der Waals surface area contributed by atoms with Crippen LogP contribution >= 0.6 is 0 Å². The quantitative estimate of drug-likeness (QED) is 0.119. The van der Waals surface area contributed by atoms with Crippen molar-refractivity contribution < 1.29 is 19.8 Å². The molecule has 3 unspecified atom stereocenters. The number of nitrogens with one attached hydrogen (secondary N) is 1. The van der Waals surface area contributed by atoms with E-state index in [4.69, 9.17) is 5.11 Å². The van der Waals surface area contributed by atoms with Gasteiger partial charge in [-0.3, -0.25) is 23.5 Å². The third-order valence-corrected chi connectivity index (χ3v) is 12.5. The molecule has 2 aliphatic rings. The topological polar surface area (TPSA) is 149 Å². The first-order valence-corrected chi connectivity index (χ1v) is 21.4. The molecular formula is C49H53N7O6. The lowest BCUT2D eigenvalue weighted by atomic mass is 9.83. The van der Waals surface area contributed by atoms with Crippen LogP contribution in [0.3, 0.4) is 0 Å². The van der Waals surface area contributed by atoms with Crippen LogP contribution in [0.25, 0.3) is 22.1 Å². The summed E-state index contributed by atoms with van der Waals surface area (Å²) < 4.78 is 5.34. The van der Waals surface area contributed by atoms with Crippen molar-refractivity contribution in [2.45, 2.75) is 63.4 Å². The zero-order chi connectivity index (χ0) is 43.2. The average molecular weight is 836 g/mol. The van der Waals surface area contributed by atoms with Gasteiger partial charge in [0, 0.05) is 51.7 Å². The predicted molar refractivity (Wildman–Crippen MR) is 240 cm³/mol. The van der Waals surface area contributed by atoms with Gasteiger partial charge in [0.1, 0.15) is 0 Å². The Balaban J connectivity index is 0.000000244. The maximum Gasteiger partial charge on any atom is 0.408 e. The second-order valence-corrected chi connectivity index (χ2v) is 16.4. The van der Waals surface area contributed by atoms with Crippen LogP contribution in [0.2, 0.25) is 0 Å². The van der Waals surface area contributed by atoms with Crippen LogP contribution in [0.15, 0.2) is 149 Å². The Morgan fingerprint density at radius 2 is 1.23 bits per heavy atom. The smallest absolute Gasteiger partial charge is 0.408 e. The highest BCUT2D eigenvalue weighted by atomic mass is 16.4. The molecule has 0 radical (unpaired) electrons. The average Bonchev–Trinajstić information content (AvgIpc) is 3.98. The van der Waals surface area contributed by atoms with E-state index in [1.54, 1.807) is 14.0 Å². The lowest BCUT2D eigenvalue weighted by Crippen LogP contribution is -2.59. The molecule has 7 aromatic rings. The summed E-state index contributed by atoms with van der Waals surface area (Å²) in [6.45, 7) is 2.39. The van der Waals surface area contributed by atoms with Crippen LogP contribution in [0.4, 0.5) is 9.59 Å². The summed E-state index contributed by atoms with van der Waals surface area (Å²) in [6, 6.07) is 46.1. The van der Waals surface area contributed by atoms with Crippen molar-refractivity contribution in [1.82, 2.24) is 33.4 Å². The number of aromatic nitrogens is 4. The lowest BCUT2D eigenvalue weighted by Gasteiger charge is -2.49. The first-order valence-electron chi connectivity index (χ1n) is 21.4. The minimum atomic E-state index is -0.926. The van der Waals surface area contributed by atoms with Gasteiger partial charge < -0.3 is 20.1 Å². The number of carbonyl (C=O) groups is 2. The van der Waals surface area contributed by atoms with Crippen LogP contribution in [0, 0.1) is 5.92 Å². The van der Waals surface area contributed by atoms with E-state index in [0.717, 1.165) is 52.5 Å². The molecule has 0 bridgehead atoms. The van der Waals surface area contributed by atoms with Crippen molar-refractivity contribution >= 4 is 34.3 Å². The number of hydrogen-bond acceptors (Lipinski definition) is 5. The highest BCUT2D eigenvalue weighted by Gasteiger charge is 2.45. The number of imidazole rings is 2. The van der Waals surface area contributed by atoms with Gasteiger partial charge in [0.05, 0.1) is 34.3 Å². The number of aryl methyl sites for hydroxylation is 2. The molecule has 62 heavy (non-hydrogen) atoms. The minimum Gasteiger partial charge on any atom is -0.465 e. The fourth-order valence-electron chi connectivity index (χ4n) is 9.65. The Hall–Kier alpha value is -6.86. The second-order valence-electron chi connectivity index (χ2n) is 16.4. The van der Waals surface area contributed by atoms with Crippen molar-refractivity contribution in [2.24, 2.45) is 13.0 Å². The number of H-pyrrole nitrogens is 1. The van der Waals surface area contributed by atoms with E-state index in [2.05, 4.69) is 58.4 Å². The van der Waals surface area contributed by atoms with Gasteiger partial charge in [-0.2, -0.15) is 0 Å². The van der Waals surface area contributed by atoms with Gasteiger partial charge >= 0.3 is 23.6 Å². The Morgan fingerprint density at radius 1 is 0.661 bits per heavy atom. The standard InChI is InChI=1S/C37H40N4O3.C12H13N3O3/c1-38-33-22-11-12-23-34(33)41(36(38)42)32-24-25-40(37(43)44)35(31(32)21-13-20-28-14-5-2-6-15-28)39(26-29-16-7-3-8-17-29)27-30-18-9-4-10-19-30;16-11-13-9-3-1-2-4-10(9)15(11)8-5-6-14(7-8)12(17)18/h2-12,14-19,22-23,31-32,35H,13,20-21,24-27H2,1H3,(H,43,44);1-4,8H,5-7H2,(H,13,16)(H,17,18)/t31?,32?,35-;/m0./s1. The molecule has 2 amide bonds. The molecule has 0 aliphatic carbocycles. The molecule has 4 heterocycles. The van der Waals surface area contributed by atoms with Gasteiger partial charge in [-0.25, -0.2) is 19.2 Å². The van der Waals surface area contributed by atoms with Gasteiger partial charge in [0.25, 0.3) is 0 Å². The number of likely N-dealkylation sites (tertiary alicyclic amines) is 2. The summed E-state index contributed by atoms with van der Waals surface area (Å²) in [5, 5.41) is 19.6. The molecule has 0 saturated carbocycles. The highest BCUT2D eigenvalue weighted by molar-refractivity contribution is 5.76. The molecule has 5 aromatic carbocycles. The summed E-state index contributed by atoms with van der Waals surface area (Å²) in [5.74, 6) is -0.112. The van der Waals surface area contributed by atoms with Crippen LogP contribution < -0.4 is 11.4 Å². The molecule has 320 valence electrons. The van der Waals surface area contributed by atoms with E-state index in [0.29, 0.717) is 45.6 Å². The second kappa shape index (κ2) is 18.8. The molecule has 9 rings (SSSR count). The summed E-state index contributed by atoms with van der Waals surface area (Å²) >= 11 is 0. The number of rotatable bonds is 11. The number of fused-ring (bicyclic) bond motifs is 2. The molecule has 0 spiro atoms. The van der Waals surface area contributed by atoms with Crippen LogP contribution in [0.1, 0.15) is 54.5 Å². The third kappa shape index (κ3) is 8.94. The number of carboxylic acid groups (broad SMARTS) is 2. The first-order chi connectivity index (χ1) is 30.2. The van der Waals surface area contributed by atoms with Crippen molar-refractivity contribution in [1.29, 1.82) is 0 Å². The van der Waals surface area contributed by atoms with E-state index >= 15 is 0 Å². The zero-order valence-corrected chi connectivity index (χ0v) is 34.9. The maximum absolute atomic E-state index is 13.9. The Morgan fingerprint density at radius 3 is 1.82 bits per heavy atom. The number of aromatic amines is 1. The van der Waals surface area contributed by atoms with Gasteiger partial charge in [-0.05, 0) is 73.1 Å². The Kier molecular flexibility index (Phi) is 12.7. The van der Waals surface area contributed by atoms with Gasteiger partial charge in [0.15, 0.2) is 0 Å². The number of piperidine rings is 1. The number of para-hydroxylation sites is 4. The zero-order valence-electron chi connectivity index (χ0n) is 34.9. The number of amides is 2. The number of nitrogens with zero attached hydrogens (tertiary/aromatic N) is 6. The van der Waals surface area contributed by atoms with Crippen LogP contribution in [-0.2, 0) is 26.6 Å². The molecular weight excluding hydrogens is 783 g/mol. The molecule has 2 fully saturated rings. The van der Waals surface area contributed by atoms with Gasteiger partial charge in [-0.15, -0.1) is 0 Å². The van der Waals surface area contributed by atoms with E-state index in [-0.39, 0.29) is 29.4 Å². The van der Waals surface area contributed by atoms with Crippen molar-refractivity contribution in [3.8, 4) is 0 Å². The summed E-state index contributed by atoms with van der Waals surface area (Å²) in [7, 11) is 1.83.